The van der Waals surface area contributed by atoms with Crippen molar-refractivity contribution in [2.24, 2.45) is 0 Å². The molecule has 5 aliphatic heterocycles. The van der Waals surface area contributed by atoms with E-state index in [2.05, 4.69) is 20.9 Å². The van der Waals surface area contributed by atoms with Gasteiger partial charge in [0, 0.05) is 49.8 Å². The Labute approximate surface area is 549 Å². The molecule has 25 unspecified atom stereocenters. The summed E-state index contributed by atoms with van der Waals surface area (Å²) in [5.74, 6) is -4.56. The van der Waals surface area contributed by atoms with Crippen molar-refractivity contribution < 1.29 is 229 Å². The van der Waals surface area contributed by atoms with E-state index in [-0.39, 0.29) is 0 Å². The second-order valence-electron chi connectivity index (χ2n) is 19.7. The summed E-state index contributed by atoms with van der Waals surface area (Å²) in [6.45, 7) is -4.56. The first-order valence-corrected chi connectivity index (χ1v) is 36.7. The molecule has 0 spiro atoms. The lowest BCUT2D eigenvalue weighted by molar-refractivity contribution is -0.384. The van der Waals surface area contributed by atoms with Gasteiger partial charge < -0.3 is 86.0 Å². The van der Waals surface area contributed by atoms with Gasteiger partial charge in [-0.1, -0.05) is 0 Å². The minimum absolute atomic E-state index is 0.532. The molecule has 60 heteroatoms. The second-order valence-corrected chi connectivity index (χ2v) is 28.4. The van der Waals surface area contributed by atoms with Crippen molar-refractivity contribution in [3.8, 4) is 0 Å². The highest BCUT2D eigenvalue weighted by Gasteiger charge is 2.63. The molecule has 0 bridgehead atoms. The molecule has 11 N–H and O–H groups in total. The Morgan fingerprint density at radius 2 is 0.588 bits per heavy atom. The summed E-state index contributed by atoms with van der Waals surface area (Å²) in [5.41, 5.74) is 0. The maximum absolute atomic E-state index is 13.3. The van der Waals surface area contributed by atoms with Crippen LogP contribution in [-0.4, -0.2) is 349 Å². The molecule has 0 aromatic rings. The standard InChI is InChI=1S/C37H63NO51S8/c1-67-15-11(8-74-91(46,47)48)77-33(14(18(15)68-2)38-90(43,44)45)82-22-20(70-4)27(72-6)35(84-25(22)31(39)40)81-17-13(10-76-93(52,53)54)79-36(30(89-97(64,65)66)24(17)86-94(55,56)57)83-23-21(71-5)29(88-96(61,62)63)37(85-26(23)32(41)42)80-16-12(9-75-92(49,50)51)78-34(73-7)28(19(16)69-3)87-95(58,59)60/h11-30,33-38H,8-10H2,1-7H3,(H,39,40)(H,41,42)(H,43,44,45)(H,46,47,48)(H,49,50,51)(H,52,53,54)(H,55,56,57)(H,58,59,60)(H,61,62,63)(H,64,65,66). The van der Waals surface area contributed by atoms with E-state index in [9.17, 15) is 124 Å². The average molecular weight is 1590 g/mol. The van der Waals surface area contributed by atoms with E-state index in [0.717, 1.165) is 42.7 Å². The third kappa shape index (κ3) is 24.4. The van der Waals surface area contributed by atoms with Gasteiger partial charge in [0.2, 0.25) is 0 Å². The molecular weight excluding hydrogens is 1530 g/mol. The predicted octanol–water partition coefficient (Wildman–Crippen LogP) is -8.97. The summed E-state index contributed by atoms with van der Waals surface area (Å²) in [5, 5.41) is 21.4. The topological polar surface area (TPSA) is 734 Å². The van der Waals surface area contributed by atoms with Crippen molar-refractivity contribution in [3.63, 3.8) is 0 Å². The maximum Gasteiger partial charge on any atom is 0.397 e. The van der Waals surface area contributed by atoms with Crippen LogP contribution in [0, 0.1) is 0 Å². The average Bonchev–Trinajstić information content (AvgIpc) is 0.761. The van der Waals surface area contributed by atoms with Gasteiger partial charge in [-0.2, -0.15) is 72.1 Å². The number of nitrogens with one attached hydrogen (secondary N) is 1. The van der Waals surface area contributed by atoms with Gasteiger partial charge in [0.1, 0.15) is 91.5 Å². The normalized spacial score (nSPS) is 37.0. The molecule has 5 rings (SSSR count). The van der Waals surface area contributed by atoms with Gasteiger partial charge in [-0.15, -0.1) is 0 Å². The third-order valence-corrected chi connectivity index (χ3v) is 17.4. The van der Waals surface area contributed by atoms with Crippen molar-refractivity contribution in [1.82, 2.24) is 4.72 Å². The number of hydrogen-bond acceptors (Lipinski definition) is 41. The number of methoxy groups -OCH3 is 7. The van der Waals surface area contributed by atoms with Crippen LogP contribution >= 0.6 is 0 Å². The van der Waals surface area contributed by atoms with E-state index in [4.69, 9.17) is 84.2 Å². The number of ether oxygens (including phenoxy) is 16. The summed E-state index contributed by atoms with van der Waals surface area (Å²) in [6, 6.07) is -2.11. The molecular formula is C37H63NO51S8. The predicted molar refractivity (Wildman–Crippen MR) is 287 cm³/mol. The fourth-order valence-corrected chi connectivity index (χ4v) is 13.8. The number of carbonyl (C=O) groups is 2. The summed E-state index contributed by atoms with van der Waals surface area (Å²) < 4.78 is 397. The lowest BCUT2D eigenvalue weighted by atomic mass is 9.94. The number of hydrogen-bond donors (Lipinski definition) is 11. The minimum Gasteiger partial charge on any atom is -0.479 e. The van der Waals surface area contributed by atoms with Crippen LogP contribution in [0.2, 0.25) is 0 Å². The van der Waals surface area contributed by atoms with Crippen molar-refractivity contribution in [2.45, 2.75) is 153 Å². The van der Waals surface area contributed by atoms with Crippen LogP contribution in [0.1, 0.15) is 0 Å². The largest absolute Gasteiger partial charge is 0.479 e. The van der Waals surface area contributed by atoms with Crippen LogP contribution in [0.15, 0.2) is 0 Å². The molecule has 5 saturated heterocycles. The second kappa shape index (κ2) is 33.8. The lowest BCUT2D eigenvalue weighted by Gasteiger charge is -2.51. The Morgan fingerprint density at radius 3 is 0.938 bits per heavy atom. The molecule has 25 atom stereocenters. The highest BCUT2D eigenvalue weighted by molar-refractivity contribution is 7.84. The smallest absolute Gasteiger partial charge is 0.397 e. The Kier molecular flexibility index (Phi) is 29.6. The summed E-state index contributed by atoms with van der Waals surface area (Å²) in [7, 11) is -41.0. The first-order valence-electron chi connectivity index (χ1n) is 25.7. The minimum atomic E-state index is -6.31. The first kappa shape index (κ1) is 84.9. The fourth-order valence-electron chi connectivity index (χ4n) is 10.3. The highest BCUT2D eigenvalue weighted by Crippen LogP contribution is 2.41. The zero-order valence-electron chi connectivity index (χ0n) is 49.5. The SMILES string of the molecule is COC1OC(COS(=O)(=O)O)C(OC2OC(C(=O)O)C(OC3OC(COS(=O)(=O)O)C(OC4OC(C(=O)O)C(OC5OC(COS(=O)(=O)O)C(OC)C(OC)C5NS(=O)(=O)O)C(OC)C4OC)C(OS(=O)(=O)O)C3OS(=O)(=O)O)C(OC)C2OS(=O)(=O)O)C(OC)C1OS(=O)(=O)O. The summed E-state index contributed by atoms with van der Waals surface area (Å²) in [4.78, 5) is 26.6. The quantitative estimate of drug-likeness (QED) is 0.0260. The van der Waals surface area contributed by atoms with Gasteiger partial charge in [0.15, 0.2) is 62.0 Å². The molecule has 570 valence electrons. The van der Waals surface area contributed by atoms with E-state index in [0.29, 0.717) is 7.11 Å². The number of aliphatic carboxylic acids is 2. The molecule has 0 aliphatic carbocycles. The van der Waals surface area contributed by atoms with Gasteiger partial charge in [-0.05, 0) is 0 Å². The Bertz CT molecular complexity index is 3600. The first-order chi connectivity index (χ1) is 44.4. The van der Waals surface area contributed by atoms with Crippen LogP contribution in [-0.2, 0) is 198 Å². The van der Waals surface area contributed by atoms with Gasteiger partial charge in [-0.3, -0.25) is 36.4 Å². The highest BCUT2D eigenvalue weighted by atomic mass is 32.3. The van der Waals surface area contributed by atoms with Gasteiger partial charge in [0.25, 0.3) is 0 Å². The summed E-state index contributed by atoms with van der Waals surface area (Å²) >= 11 is 0. The molecule has 5 fully saturated rings. The Hall–Kier alpha value is -2.74. The number of carboxylic acid groups (broad SMARTS) is 2. The number of rotatable bonds is 36. The molecule has 0 aromatic carbocycles. The van der Waals surface area contributed by atoms with Crippen molar-refractivity contribution >= 4 is 95.0 Å². The maximum atomic E-state index is 13.3. The van der Waals surface area contributed by atoms with Crippen molar-refractivity contribution in [3.05, 3.63) is 0 Å². The van der Waals surface area contributed by atoms with Crippen LogP contribution in [0.25, 0.3) is 0 Å². The van der Waals surface area contributed by atoms with Gasteiger partial charge >= 0.3 is 95.0 Å². The van der Waals surface area contributed by atoms with Crippen molar-refractivity contribution in [2.75, 3.05) is 69.6 Å². The molecule has 0 amide bonds. The van der Waals surface area contributed by atoms with Gasteiger partial charge in [-0.25, -0.2) is 38.9 Å². The zero-order valence-corrected chi connectivity index (χ0v) is 56.1. The molecule has 97 heavy (non-hydrogen) atoms. The molecule has 0 saturated carbocycles. The van der Waals surface area contributed by atoms with E-state index in [1.807, 2.05) is 0 Å². The molecule has 5 aliphatic rings. The van der Waals surface area contributed by atoms with Crippen LogP contribution in [0.4, 0.5) is 0 Å². The van der Waals surface area contributed by atoms with Crippen LogP contribution < -0.4 is 4.72 Å². The molecule has 0 aromatic heterocycles. The van der Waals surface area contributed by atoms with E-state index in [1.54, 1.807) is 4.72 Å². The molecule has 0 radical (unpaired) electrons. The van der Waals surface area contributed by atoms with E-state index in [1.165, 1.54) is 0 Å². The van der Waals surface area contributed by atoms with E-state index >= 15 is 0 Å². The fraction of sp³-hybridized carbons (Fsp3) is 0.946. The number of carboxylic acids is 2. The van der Waals surface area contributed by atoms with Gasteiger partial charge in [0.05, 0.1) is 19.8 Å². The summed E-state index contributed by atoms with van der Waals surface area (Å²) in [6.07, 6.45) is -61.0. The molecule has 52 nitrogen and oxygen atoms in total. The monoisotopic (exact) mass is 1590 g/mol. The van der Waals surface area contributed by atoms with Crippen molar-refractivity contribution in [1.29, 1.82) is 0 Å². The third-order valence-electron chi connectivity index (χ3n) is 13.7. The molecule has 5 heterocycles. The zero-order chi connectivity index (χ0) is 73.7. The van der Waals surface area contributed by atoms with Crippen LogP contribution in [0.3, 0.4) is 0 Å². The lowest BCUT2D eigenvalue weighted by Crippen LogP contribution is -2.70. The van der Waals surface area contributed by atoms with Crippen LogP contribution in [0.5, 0.6) is 0 Å². The Morgan fingerprint density at radius 1 is 0.309 bits per heavy atom. The van der Waals surface area contributed by atoms with E-state index < -0.39 is 268 Å². The Balaban J connectivity index is 1.67.